The van der Waals surface area contributed by atoms with Gasteiger partial charge in [-0.15, -0.1) is 10.2 Å². The number of nitrogens with zero attached hydrogens (tertiary/aromatic N) is 8. The van der Waals surface area contributed by atoms with Crippen LogP contribution in [-0.4, -0.2) is 64.0 Å². The molecule has 6 rings (SSSR count). The lowest BCUT2D eigenvalue weighted by molar-refractivity contribution is 0.0669. The number of carbonyl (C=O) groups excluding carboxylic acids is 2. The van der Waals surface area contributed by atoms with Crippen LogP contribution in [0.15, 0.2) is 47.4 Å². The first kappa shape index (κ1) is 24.5. The quantitative estimate of drug-likeness (QED) is 0.341. The fraction of sp³-hybridized carbons (Fsp3) is 0.296. The minimum Gasteiger partial charge on any atom is -0.417 e. The molecule has 1 amide bonds. The Kier molecular flexibility index (Phi) is 5.93. The summed E-state index contributed by atoms with van der Waals surface area (Å²) in [4.78, 5) is 36.8. The maximum atomic E-state index is 12.8. The first-order valence-corrected chi connectivity index (χ1v) is 12.7. The molecule has 0 spiro atoms. The van der Waals surface area contributed by atoms with Crippen molar-refractivity contribution in [3.05, 3.63) is 66.0 Å². The van der Waals surface area contributed by atoms with E-state index in [9.17, 15) is 9.59 Å². The van der Waals surface area contributed by atoms with E-state index in [1.54, 1.807) is 24.2 Å². The number of Topliss-reactive ketones (excluding diaryl/α,β-unsaturated/α-hetero) is 1. The monoisotopic (exact) mass is 525 g/mol. The molecular formula is C27H27N9O3. The van der Waals surface area contributed by atoms with Crippen LogP contribution in [0.25, 0.3) is 28.0 Å². The van der Waals surface area contributed by atoms with Gasteiger partial charge in [-0.05, 0) is 31.9 Å². The van der Waals surface area contributed by atoms with Crippen molar-refractivity contribution < 1.29 is 14.0 Å². The van der Waals surface area contributed by atoms with Crippen molar-refractivity contribution in [3.63, 3.8) is 0 Å². The lowest BCUT2D eigenvalue weighted by Gasteiger charge is -2.31. The second-order valence-electron chi connectivity index (χ2n) is 9.80. The zero-order chi connectivity index (χ0) is 27.3. The van der Waals surface area contributed by atoms with Crippen LogP contribution in [0.3, 0.4) is 0 Å². The molecule has 0 bridgehead atoms. The highest BCUT2D eigenvalue weighted by molar-refractivity contribution is 6.00. The molecule has 0 aliphatic carbocycles. The fourth-order valence-corrected chi connectivity index (χ4v) is 5.15. The third kappa shape index (κ3) is 4.33. The van der Waals surface area contributed by atoms with Gasteiger partial charge in [-0.3, -0.25) is 14.6 Å². The number of ketones is 1. The first-order chi connectivity index (χ1) is 18.8. The maximum Gasteiger partial charge on any atom is 0.311 e. The summed E-state index contributed by atoms with van der Waals surface area (Å²) in [7, 11) is 1.97. The molecule has 0 atom stereocenters. The van der Waals surface area contributed by atoms with E-state index < -0.39 is 0 Å². The number of aromatic nitrogens is 7. The van der Waals surface area contributed by atoms with Gasteiger partial charge in [0.1, 0.15) is 5.82 Å². The molecule has 0 unspecified atom stereocenters. The minimum absolute atomic E-state index is 0.0186. The Labute approximate surface area is 223 Å². The van der Waals surface area contributed by atoms with Gasteiger partial charge >= 0.3 is 11.8 Å². The van der Waals surface area contributed by atoms with E-state index in [2.05, 4.69) is 20.3 Å². The van der Waals surface area contributed by atoms with Crippen LogP contribution in [0, 0.1) is 6.92 Å². The molecule has 6 heterocycles. The number of likely N-dealkylation sites (tertiary alicyclic amines) is 1. The molecule has 0 saturated carbocycles. The molecule has 1 aliphatic heterocycles. The number of pyridine rings is 1. The summed E-state index contributed by atoms with van der Waals surface area (Å²) >= 11 is 0. The summed E-state index contributed by atoms with van der Waals surface area (Å²) in [5.74, 6) is 0.0354. The summed E-state index contributed by atoms with van der Waals surface area (Å²) < 4.78 is 8.79. The number of piperidine rings is 1. The summed E-state index contributed by atoms with van der Waals surface area (Å²) in [5.41, 5.74) is 11.6. The third-order valence-corrected chi connectivity index (χ3v) is 7.14. The zero-order valence-electron chi connectivity index (χ0n) is 21.8. The number of rotatable bonds is 5. The highest BCUT2D eigenvalue weighted by atomic mass is 16.4. The molecule has 5 aromatic heterocycles. The van der Waals surface area contributed by atoms with Crippen molar-refractivity contribution >= 4 is 23.2 Å². The molecule has 12 heteroatoms. The molecule has 0 radical (unpaired) electrons. The van der Waals surface area contributed by atoms with Gasteiger partial charge < -0.3 is 19.6 Å². The number of nitrogens with two attached hydrogens (primary N) is 1. The van der Waals surface area contributed by atoms with Crippen molar-refractivity contribution in [2.75, 3.05) is 18.8 Å². The number of hydrogen-bond donors (Lipinski definition) is 1. The number of hydrogen-bond acceptors (Lipinski definition) is 9. The van der Waals surface area contributed by atoms with Gasteiger partial charge in [0.2, 0.25) is 5.89 Å². The Bertz CT molecular complexity index is 1710. The second kappa shape index (κ2) is 9.46. The SMILES string of the molecule is CC(=O)c1c(C2CCN(C(=O)c3nnc(C)o3)CC2)nc2c(-c3ccc(-c4ccn(C)c4)nc3)cnn2c1N. The number of anilines is 1. The van der Waals surface area contributed by atoms with Crippen molar-refractivity contribution in [1.82, 2.24) is 39.2 Å². The van der Waals surface area contributed by atoms with Crippen LogP contribution in [-0.2, 0) is 7.05 Å². The molecule has 1 aliphatic rings. The maximum absolute atomic E-state index is 12.8. The van der Waals surface area contributed by atoms with Crippen molar-refractivity contribution in [2.45, 2.75) is 32.6 Å². The van der Waals surface area contributed by atoms with Gasteiger partial charge in [0.15, 0.2) is 11.4 Å². The molecule has 1 fully saturated rings. The van der Waals surface area contributed by atoms with Gasteiger partial charge in [0.25, 0.3) is 0 Å². The van der Waals surface area contributed by atoms with E-state index >= 15 is 0 Å². The lowest BCUT2D eigenvalue weighted by atomic mass is 9.89. The van der Waals surface area contributed by atoms with Crippen LogP contribution in [0.2, 0.25) is 0 Å². The van der Waals surface area contributed by atoms with Crippen molar-refractivity contribution in [1.29, 1.82) is 0 Å². The van der Waals surface area contributed by atoms with E-state index in [-0.39, 0.29) is 29.3 Å². The van der Waals surface area contributed by atoms with Crippen LogP contribution in [0.4, 0.5) is 5.82 Å². The average Bonchev–Trinajstić information content (AvgIpc) is 3.68. The molecule has 198 valence electrons. The van der Waals surface area contributed by atoms with Gasteiger partial charge in [-0.1, -0.05) is 6.07 Å². The number of nitrogen functional groups attached to an aromatic ring is 1. The largest absolute Gasteiger partial charge is 0.417 e. The van der Waals surface area contributed by atoms with Crippen LogP contribution in [0.1, 0.15) is 58.3 Å². The van der Waals surface area contributed by atoms with Crippen molar-refractivity contribution in [2.24, 2.45) is 7.05 Å². The summed E-state index contributed by atoms with van der Waals surface area (Å²) in [5, 5.41) is 12.0. The molecule has 2 N–H and O–H groups in total. The highest BCUT2D eigenvalue weighted by Gasteiger charge is 2.31. The van der Waals surface area contributed by atoms with Gasteiger partial charge in [0.05, 0.1) is 23.1 Å². The Morgan fingerprint density at radius 1 is 1.08 bits per heavy atom. The van der Waals surface area contributed by atoms with Crippen LogP contribution in [0.5, 0.6) is 0 Å². The average molecular weight is 526 g/mol. The van der Waals surface area contributed by atoms with Gasteiger partial charge in [-0.2, -0.15) is 9.61 Å². The molecule has 39 heavy (non-hydrogen) atoms. The number of aryl methyl sites for hydroxylation is 2. The second-order valence-corrected chi connectivity index (χ2v) is 9.80. The van der Waals surface area contributed by atoms with Crippen LogP contribution < -0.4 is 5.73 Å². The topological polar surface area (TPSA) is 150 Å². The summed E-state index contributed by atoms with van der Waals surface area (Å²) in [6, 6.07) is 5.95. The predicted molar refractivity (Wildman–Crippen MR) is 142 cm³/mol. The first-order valence-electron chi connectivity index (χ1n) is 12.7. The van der Waals surface area contributed by atoms with Crippen molar-refractivity contribution in [3.8, 4) is 22.4 Å². The lowest BCUT2D eigenvalue weighted by Crippen LogP contribution is -2.38. The predicted octanol–water partition coefficient (Wildman–Crippen LogP) is 3.29. The zero-order valence-corrected chi connectivity index (χ0v) is 21.8. The Morgan fingerprint density at radius 2 is 1.87 bits per heavy atom. The summed E-state index contributed by atoms with van der Waals surface area (Å²) in [6.45, 7) is 4.05. The Morgan fingerprint density at radius 3 is 2.49 bits per heavy atom. The normalized spacial score (nSPS) is 14.3. The number of fused-ring (bicyclic) bond motifs is 1. The highest BCUT2D eigenvalue weighted by Crippen LogP contribution is 2.35. The van der Waals surface area contributed by atoms with Crippen LogP contribution >= 0.6 is 0 Å². The molecule has 5 aromatic rings. The number of carbonyl (C=O) groups is 2. The summed E-state index contributed by atoms with van der Waals surface area (Å²) in [6.07, 6.45) is 8.69. The van der Waals surface area contributed by atoms with Gasteiger partial charge in [0, 0.05) is 68.3 Å². The van der Waals surface area contributed by atoms with E-state index in [1.807, 2.05) is 42.2 Å². The van der Waals surface area contributed by atoms with E-state index in [1.165, 1.54) is 11.4 Å². The molecule has 12 nitrogen and oxygen atoms in total. The Hall–Kier alpha value is -4.87. The third-order valence-electron chi connectivity index (χ3n) is 7.14. The molecule has 1 saturated heterocycles. The molecule has 0 aromatic carbocycles. The smallest absolute Gasteiger partial charge is 0.311 e. The fourth-order valence-electron chi connectivity index (χ4n) is 5.15. The van der Waals surface area contributed by atoms with Gasteiger partial charge in [-0.25, -0.2) is 4.98 Å². The van der Waals surface area contributed by atoms with E-state index in [4.69, 9.17) is 15.1 Å². The standard InChI is InChI=1S/C27H27N9O3/c1-15(37)22-23(17-7-10-35(11-8-17)27(38)26-33-32-16(2)39-26)31-25-20(13-30-36(25)24(22)28)18-4-5-21(29-12-18)19-6-9-34(3)14-19/h4-6,9,12-14,17H,7-8,10-11,28H2,1-3H3. The molecular weight excluding hydrogens is 498 g/mol. The number of amides is 1. The van der Waals surface area contributed by atoms with E-state index in [0.29, 0.717) is 48.7 Å². The minimum atomic E-state index is -0.298. The van der Waals surface area contributed by atoms with E-state index in [0.717, 1.165) is 22.4 Å². The Balaban J connectivity index is 1.32.